The van der Waals surface area contributed by atoms with E-state index in [0.717, 1.165) is 44.8 Å². The van der Waals surface area contributed by atoms with Crippen LogP contribution in [0.2, 0.25) is 0 Å². The molecule has 0 saturated heterocycles. The van der Waals surface area contributed by atoms with Gasteiger partial charge in [0.05, 0.1) is 0 Å². The van der Waals surface area contributed by atoms with E-state index in [4.69, 9.17) is 10.5 Å². The average molecular weight is 280 g/mol. The number of hydrogen-bond donors (Lipinski definition) is 2. The van der Waals surface area contributed by atoms with Crippen LogP contribution in [0.25, 0.3) is 0 Å². The third-order valence-electron chi connectivity index (χ3n) is 5.28. The molecule has 20 heavy (non-hydrogen) atoms. The van der Waals surface area contributed by atoms with Crippen LogP contribution >= 0.6 is 0 Å². The summed E-state index contributed by atoms with van der Waals surface area (Å²) >= 11 is 0. The second-order valence-electron chi connectivity index (χ2n) is 6.98. The van der Waals surface area contributed by atoms with Crippen molar-refractivity contribution in [2.75, 3.05) is 13.2 Å². The summed E-state index contributed by atoms with van der Waals surface area (Å²) < 4.78 is 5.76. The molecule has 0 aromatic rings. The largest absolute Gasteiger partial charge is 0.381 e. The topological polar surface area (TPSA) is 64.4 Å². The number of hydrogen-bond acceptors (Lipinski definition) is 3. The Kier molecular flexibility index (Phi) is 4.32. The van der Waals surface area contributed by atoms with Gasteiger partial charge in [-0.15, -0.1) is 0 Å². The van der Waals surface area contributed by atoms with Gasteiger partial charge in [-0.3, -0.25) is 4.79 Å². The smallest absolute Gasteiger partial charge is 0.238 e. The molecule has 3 saturated carbocycles. The van der Waals surface area contributed by atoms with Gasteiger partial charge < -0.3 is 15.8 Å². The molecule has 2 unspecified atom stereocenters. The van der Waals surface area contributed by atoms with Crippen LogP contribution in [-0.4, -0.2) is 30.7 Å². The monoisotopic (exact) mass is 280 g/mol. The Balaban J connectivity index is 1.45. The van der Waals surface area contributed by atoms with E-state index >= 15 is 0 Å². The Morgan fingerprint density at radius 2 is 1.90 bits per heavy atom. The minimum atomic E-state index is -0.443. The van der Waals surface area contributed by atoms with Gasteiger partial charge in [-0.2, -0.15) is 0 Å². The summed E-state index contributed by atoms with van der Waals surface area (Å²) in [6.07, 6.45) is 10.5. The van der Waals surface area contributed by atoms with Crippen molar-refractivity contribution in [1.29, 1.82) is 0 Å². The Morgan fingerprint density at radius 1 is 1.15 bits per heavy atom. The van der Waals surface area contributed by atoms with E-state index in [9.17, 15) is 4.79 Å². The van der Waals surface area contributed by atoms with Gasteiger partial charge in [-0.1, -0.05) is 19.3 Å². The van der Waals surface area contributed by atoms with Gasteiger partial charge in [0, 0.05) is 19.3 Å². The standard InChI is InChI=1S/C16H28N2O2/c17-15(19)16(18-14-5-6-14)9-1-2-13(16)8-11-20-10-7-12-3-4-12/h12-14,18H,1-11H2,(H2,17,19). The number of primary amides is 1. The molecule has 0 aliphatic heterocycles. The molecule has 3 aliphatic rings. The van der Waals surface area contributed by atoms with Crippen molar-refractivity contribution < 1.29 is 9.53 Å². The lowest BCUT2D eigenvalue weighted by Crippen LogP contribution is -2.58. The minimum Gasteiger partial charge on any atom is -0.381 e. The molecule has 0 spiro atoms. The van der Waals surface area contributed by atoms with Gasteiger partial charge in [0.25, 0.3) is 0 Å². The Labute approximate surface area is 121 Å². The summed E-state index contributed by atoms with van der Waals surface area (Å²) in [5, 5.41) is 3.55. The molecule has 1 amide bonds. The minimum absolute atomic E-state index is 0.148. The molecule has 3 rings (SSSR count). The molecule has 4 nitrogen and oxygen atoms in total. The zero-order valence-electron chi connectivity index (χ0n) is 12.4. The van der Waals surface area contributed by atoms with E-state index < -0.39 is 5.54 Å². The molecule has 2 atom stereocenters. The van der Waals surface area contributed by atoms with Crippen LogP contribution in [0.15, 0.2) is 0 Å². The molecular formula is C16H28N2O2. The summed E-state index contributed by atoms with van der Waals surface area (Å²) in [7, 11) is 0. The van der Waals surface area contributed by atoms with Crippen LogP contribution in [-0.2, 0) is 9.53 Å². The number of rotatable bonds is 9. The third kappa shape index (κ3) is 3.34. The normalized spacial score (nSPS) is 33.5. The Morgan fingerprint density at radius 3 is 2.55 bits per heavy atom. The second-order valence-corrected chi connectivity index (χ2v) is 6.98. The summed E-state index contributed by atoms with van der Waals surface area (Å²) in [4.78, 5) is 12.0. The molecule has 3 N–H and O–H groups in total. The van der Waals surface area contributed by atoms with Crippen molar-refractivity contribution >= 4 is 5.91 Å². The first kappa shape index (κ1) is 14.3. The Bertz CT molecular complexity index is 352. The summed E-state index contributed by atoms with van der Waals surface area (Å²) in [5.74, 6) is 1.15. The number of nitrogens with one attached hydrogen (secondary N) is 1. The number of carbonyl (C=O) groups is 1. The molecule has 114 valence electrons. The van der Waals surface area contributed by atoms with E-state index in [1.54, 1.807) is 0 Å². The van der Waals surface area contributed by atoms with Crippen molar-refractivity contribution in [2.24, 2.45) is 17.6 Å². The first-order valence-electron chi connectivity index (χ1n) is 8.36. The van der Waals surface area contributed by atoms with Crippen LogP contribution in [0.3, 0.4) is 0 Å². The first-order valence-corrected chi connectivity index (χ1v) is 8.36. The molecule has 0 aromatic heterocycles. The van der Waals surface area contributed by atoms with E-state index in [1.807, 2.05) is 0 Å². The molecular weight excluding hydrogens is 252 g/mol. The highest BCUT2D eigenvalue weighted by Crippen LogP contribution is 2.40. The summed E-state index contributed by atoms with van der Waals surface area (Å²) in [6.45, 7) is 1.66. The molecule has 3 fully saturated rings. The Hall–Kier alpha value is -0.610. The fourth-order valence-corrected chi connectivity index (χ4v) is 3.63. The van der Waals surface area contributed by atoms with E-state index in [0.29, 0.717) is 12.0 Å². The third-order valence-corrected chi connectivity index (χ3v) is 5.28. The maximum Gasteiger partial charge on any atom is 0.238 e. The molecule has 0 aromatic carbocycles. The second kappa shape index (κ2) is 6.02. The van der Waals surface area contributed by atoms with Crippen LogP contribution in [0.4, 0.5) is 0 Å². The fourth-order valence-electron chi connectivity index (χ4n) is 3.63. The summed E-state index contributed by atoms with van der Waals surface area (Å²) in [5.41, 5.74) is 5.29. The van der Waals surface area contributed by atoms with Crippen LogP contribution < -0.4 is 11.1 Å². The number of nitrogens with two attached hydrogens (primary N) is 1. The van der Waals surface area contributed by atoms with Gasteiger partial charge in [0.15, 0.2) is 0 Å². The lowest BCUT2D eigenvalue weighted by molar-refractivity contribution is -0.126. The van der Waals surface area contributed by atoms with E-state index in [1.165, 1.54) is 32.1 Å². The van der Waals surface area contributed by atoms with Gasteiger partial charge in [-0.05, 0) is 50.4 Å². The van der Waals surface area contributed by atoms with Gasteiger partial charge >= 0.3 is 0 Å². The zero-order chi connectivity index (χ0) is 14.0. The van der Waals surface area contributed by atoms with E-state index in [-0.39, 0.29) is 5.91 Å². The number of amides is 1. The van der Waals surface area contributed by atoms with Crippen LogP contribution in [0, 0.1) is 11.8 Å². The maximum absolute atomic E-state index is 12.0. The predicted molar refractivity (Wildman–Crippen MR) is 78.2 cm³/mol. The highest BCUT2D eigenvalue weighted by Gasteiger charge is 2.49. The zero-order valence-corrected chi connectivity index (χ0v) is 12.4. The van der Waals surface area contributed by atoms with Crippen LogP contribution in [0.1, 0.15) is 57.8 Å². The van der Waals surface area contributed by atoms with E-state index in [2.05, 4.69) is 5.32 Å². The summed E-state index contributed by atoms with van der Waals surface area (Å²) in [6, 6.07) is 0.527. The average Bonchev–Trinajstić information content (AvgIpc) is 3.31. The van der Waals surface area contributed by atoms with Crippen molar-refractivity contribution in [2.45, 2.75) is 69.4 Å². The van der Waals surface area contributed by atoms with Crippen molar-refractivity contribution in [3.05, 3.63) is 0 Å². The van der Waals surface area contributed by atoms with Gasteiger partial charge in [0.2, 0.25) is 5.91 Å². The first-order chi connectivity index (χ1) is 9.71. The number of carbonyl (C=O) groups excluding carboxylic acids is 1. The van der Waals surface area contributed by atoms with Gasteiger partial charge in [-0.25, -0.2) is 0 Å². The van der Waals surface area contributed by atoms with Gasteiger partial charge in [0.1, 0.15) is 5.54 Å². The molecule has 0 bridgehead atoms. The fraction of sp³-hybridized carbons (Fsp3) is 0.938. The highest BCUT2D eigenvalue weighted by atomic mass is 16.5. The van der Waals surface area contributed by atoms with Crippen molar-refractivity contribution in [3.63, 3.8) is 0 Å². The lowest BCUT2D eigenvalue weighted by Gasteiger charge is -2.34. The highest BCUT2D eigenvalue weighted by molar-refractivity contribution is 5.85. The molecule has 3 aliphatic carbocycles. The van der Waals surface area contributed by atoms with Crippen molar-refractivity contribution in [1.82, 2.24) is 5.32 Å². The molecule has 0 radical (unpaired) electrons. The van der Waals surface area contributed by atoms with Crippen LogP contribution in [0.5, 0.6) is 0 Å². The molecule has 4 heteroatoms. The predicted octanol–water partition coefficient (Wildman–Crippen LogP) is 1.97. The maximum atomic E-state index is 12.0. The molecule has 0 heterocycles. The quantitative estimate of drug-likeness (QED) is 0.635. The number of ether oxygens (including phenoxy) is 1. The van der Waals surface area contributed by atoms with Crippen molar-refractivity contribution in [3.8, 4) is 0 Å². The SMILES string of the molecule is NC(=O)C1(NC2CC2)CCCC1CCOCCC1CC1. The lowest BCUT2D eigenvalue weighted by atomic mass is 9.84.